The summed E-state index contributed by atoms with van der Waals surface area (Å²) in [5, 5.41) is 11.3. The predicted octanol–water partition coefficient (Wildman–Crippen LogP) is 0.699. The molecule has 0 spiro atoms. The van der Waals surface area contributed by atoms with E-state index in [9.17, 15) is 14.4 Å². The molecule has 0 aliphatic heterocycles. The van der Waals surface area contributed by atoms with Crippen LogP contribution in [0.1, 0.15) is 39.0 Å². The molecular formula is C11H19NO5. The second-order valence-electron chi connectivity index (χ2n) is 3.68. The predicted molar refractivity (Wildman–Crippen MR) is 60.3 cm³/mol. The van der Waals surface area contributed by atoms with Crippen LogP contribution in [0.5, 0.6) is 0 Å². The number of amides is 1. The molecule has 98 valence electrons. The van der Waals surface area contributed by atoms with Crippen molar-refractivity contribution in [2.75, 3.05) is 7.11 Å². The SMILES string of the molecule is CCCCC(=O)NC(CCC(=O)OC)C(=O)O. The molecule has 0 aliphatic rings. The van der Waals surface area contributed by atoms with Crippen molar-refractivity contribution in [2.24, 2.45) is 0 Å². The topological polar surface area (TPSA) is 92.7 Å². The molecule has 0 aromatic rings. The largest absolute Gasteiger partial charge is 0.480 e. The number of unbranched alkanes of at least 4 members (excludes halogenated alkanes) is 1. The Morgan fingerprint density at radius 3 is 2.41 bits per heavy atom. The average Bonchev–Trinajstić information content (AvgIpc) is 2.30. The third-order valence-electron chi connectivity index (χ3n) is 2.26. The lowest BCUT2D eigenvalue weighted by Gasteiger charge is -2.13. The smallest absolute Gasteiger partial charge is 0.326 e. The zero-order valence-electron chi connectivity index (χ0n) is 10.2. The summed E-state index contributed by atoms with van der Waals surface area (Å²) >= 11 is 0. The third-order valence-corrected chi connectivity index (χ3v) is 2.26. The van der Waals surface area contributed by atoms with Crippen molar-refractivity contribution in [3.05, 3.63) is 0 Å². The van der Waals surface area contributed by atoms with Gasteiger partial charge >= 0.3 is 11.9 Å². The molecule has 0 radical (unpaired) electrons. The first-order valence-electron chi connectivity index (χ1n) is 5.60. The molecule has 1 unspecified atom stereocenters. The van der Waals surface area contributed by atoms with Crippen molar-refractivity contribution >= 4 is 17.8 Å². The van der Waals surface area contributed by atoms with E-state index in [2.05, 4.69) is 10.1 Å². The molecule has 0 aliphatic carbocycles. The second kappa shape index (κ2) is 8.55. The van der Waals surface area contributed by atoms with E-state index >= 15 is 0 Å². The van der Waals surface area contributed by atoms with Crippen LogP contribution in [-0.2, 0) is 19.1 Å². The molecule has 1 amide bonds. The van der Waals surface area contributed by atoms with Gasteiger partial charge in [-0.3, -0.25) is 9.59 Å². The molecule has 0 heterocycles. The second-order valence-corrected chi connectivity index (χ2v) is 3.68. The summed E-state index contributed by atoms with van der Waals surface area (Å²) in [6, 6.07) is -1.03. The van der Waals surface area contributed by atoms with Crippen molar-refractivity contribution in [3.8, 4) is 0 Å². The molecule has 0 aromatic heterocycles. The summed E-state index contributed by atoms with van der Waals surface area (Å²) in [4.78, 5) is 33.1. The number of carbonyl (C=O) groups is 3. The van der Waals surface area contributed by atoms with E-state index < -0.39 is 18.0 Å². The van der Waals surface area contributed by atoms with Crippen molar-refractivity contribution in [1.82, 2.24) is 5.32 Å². The van der Waals surface area contributed by atoms with E-state index in [-0.39, 0.29) is 18.7 Å². The highest BCUT2D eigenvalue weighted by molar-refractivity contribution is 5.83. The molecule has 1 atom stereocenters. The van der Waals surface area contributed by atoms with Crippen LogP contribution in [-0.4, -0.2) is 36.1 Å². The van der Waals surface area contributed by atoms with Crippen LogP contribution in [0.25, 0.3) is 0 Å². The van der Waals surface area contributed by atoms with E-state index in [1.54, 1.807) is 0 Å². The number of ether oxygens (including phenoxy) is 1. The third kappa shape index (κ3) is 7.32. The maximum Gasteiger partial charge on any atom is 0.326 e. The quantitative estimate of drug-likeness (QED) is 0.614. The lowest BCUT2D eigenvalue weighted by Crippen LogP contribution is -2.41. The Morgan fingerprint density at radius 2 is 1.94 bits per heavy atom. The Labute approximate surface area is 100 Å². The van der Waals surface area contributed by atoms with Gasteiger partial charge in [-0.1, -0.05) is 13.3 Å². The van der Waals surface area contributed by atoms with E-state index in [4.69, 9.17) is 5.11 Å². The molecule has 0 aromatic carbocycles. The van der Waals surface area contributed by atoms with Crippen molar-refractivity contribution in [3.63, 3.8) is 0 Å². The van der Waals surface area contributed by atoms with Gasteiger partial charge in [-0.25, -0.2) is 4.79 Å². The molecule has 6 nitrogen and oxygen atoms in total. The van der Waals surface area contributed by atoms with Gasteiger partial charge in [0.15, 0.2) is 0 Å². The fourth-order valence-corrected chi connectivity index (χ4v) is 1.23. The monoisotopic (exact) mass is 245 g/mol. The number of esters is 1. The summed E-state index contributed by atoms with van der Waals surface area (Å²) < 4.78 is 4.41. The van der Waals surface area contributed by atoms with Gasteiger partial charge in [0.1, 0.15) is 6.04 Å². The van der Waals surface area contributed by atoms with Crippen LogP contribution in [0.4, 0.5) is 0 Å². The Morgan fingerprint density at radius 1 is 1.29 bits per heavy atom. The summed E-state index contributed by atoms with van der Waals surface area (Å²) in [5.74, 6) is -1.93. The first kappa shape index (κ1) is 15.4. The molecular weight excluding hydrogens is 226 g/mol. The van der Waals surface area contributed by atoms with Crippen LogP contribution in [0, 0.1) is 0 Å². The molecule has 0 fully saturated rings. The minimum atomic E-state index is -1.14. The molecule has 0 bridgehead atoms. The molecule has 17 heavy (non-hydrogen) atoms. The maximum atomic E-state index is 11.3. The summed E-state index contributed by atoms with van der Waals surface area (Å²) in [6.45, 7) is 1.94. The summed E-state index contributed by atoms with van der Waals surface area (Å²) in [6.07, 6.45) is 1.91. The number of hydrogen-bond donors (Lipinski definition) is 2. The zero-order chi connectivity index (χ0) is 13.3. The molecule has 0 rings (SSSR count). The Bertz CT molecular complexity index is 277. The highest BCUT2D eigenvalue weighted by Crippen LogP contribution is 2.01. The standard InChI is InChI=1S/C11H19NO5/c1-3-4-5-9(13)12-8(11(15)16)6-7-10(14)17-2/h8H,3-7H2,1-2H3,(H,12,13)(H,15,16). The van der Waals surface area contributed by atoms with E-state index in [1.165, 1.54) is 7.11 Å². The van der Waals surface area contributed by atoms with Gasteiger partial charge in [-0.05, 0) is 12.8 Å². The number of carbonyl (C=O) groups excluding carboxylic acids is 2. The minimum Gasteiger partial charge on any atom is -0.480 e. The fraction of sp³-hybridized carbons (Fsp3) is 0.727. The number of rotatable bonds is 8. The highest BCUT2D eigenvalue weighted by atomic mass is 16.5. The van der Waals surface area contributed by atoms with E-state index in [0.29, 0.717) is 6.42 Å². The number of carboxylic acids is 1. The van der Waals surface area contributed by atoms with E-state index in [1.807, 2.05) is 6.92 Å². The van der Waals surface area contributed by atoms with Crippen LogP contribution < -0.4 is 5.32 Å². The number of methoxy groups -OCH3 is 1. The minimum absolute atomic E-state index is 0.0263. The lowest BCUT2D eigenvalue weighted by molar-refractivity contribution is -0.144. The van der Waals surface area contributed by atoms with Gasteiger partial charge in [0.2, 0.25) is 5.91 Å². The molecule has 6 heteroatoms. The fourth-order valence-electron chi connectivity index (χ4n) is 1.23. The van der Waals surface area contributed by atoms with Crippen LogP contribution >= 0.6 is 0 Å². The Hall–Kier alpha value is -1.59. The first-order valence-corrected chi connectivity index (χ1v) is 5.60. The average molecular weight is 245 g/mol. The van der Waals surface area contributed by atoms with Crippen molar-refractivity contribution in [1.29, 1.82) is 0 Å². The Balaban J connectivity index is 4.10. The number of hydrogen-bond acceptors (Lipinski definition) is 4. The van der Waals surface area contributed by atoms with Gasteiger partial charge in [0.25, 0.3) is 0 Å². The van der Waals surface area contributed by atoms with Gasteiger partial charge in [-0.15, -0.1) is 0 Å². The van der Waals surface area contributed by atoms with Gasteiger partial charge in [0, 0.05) is 12.8 Å². The number of aliphatic carboxylic acids is 1. The number of carboxylic acid groups (broad SMARTS) is 1. The van der Waals surface area contributed by atoms with Gasteiger partial charge in [-0.2, -0.15) is 0 Å². The van der Waals surface area contributed by atoms with Crippen molar-refractivity contribution < 1.29 is 24.2 Å². The van der Waals surface area contributed by atoms with Crippen molar-refractivity contribution in [2.45, 2.75) is 45.1 Å². The molecule has 0 saturated carbocycles. The summed E-state index contributed by atoms with van der Waals surface area (Å²) in [5.41, 5.74) is 0. The maximum absolute atomic E-state index is 11.3. The highest BCUT2D eigenvalue weighted by Gasteiger charge is 2.20. The van der Waals surface area contributed by atoms with Gasteiger partial charge in [0.05, 0.1) is 7.11 Å². The van der Waals surface area contributed by atoms with E-state index in [0.717, 1.165) is 12.8 Å². The zero-order valence-corrected chi connectivity index (χ0v) is 10.2. The number of nitrogens with one attached hydrogen (secondary N) is 1. The van der Waals surface area contributed by atoms with Crippen LogP contribution in [0.2, 0.25) is 0 Å². The lowest BCUT2D eigenvalue weighted by atomic mass is 10.1. The Kier molecular flexibility index (Phi) is 7.75. The first-order chi connectivity index (χ1) is 8.01. The molecule has 2 N–H and O–H groups in total. The van der Waals surface area contributed by atoms with Crippen LogP contribution in [0.15, 0.2) is 0 Å². The summed E-state index contributed by atoms with van der Waals surface area (Å²) in [7, 11) is 1.23. The molecule has 0 saturated heterocycles. The van der Waals surface area contributed by atoms with Gasteiger partial charge < -0.3 is 15.2 Å². The van der Waals surface area contributed by atoms with Crippen LogP contribution in [0.3, 0.4) is 0 Å². The normalized spacial score (nSPS) is 11.6.